The van der Waals surface area contributed by atoms with Crippen molar-refractivity contribution in [2.75, 3.05) is 20.4 Å². The van der Waals surface area contributed by atoms with Gasteiger partial charge in [0.25, 0.3) is 0 Å². The van der Waals surface area contributed by atoms with Crippen molar-refractivity contribution in [2.24, 2.45) is 0 Å². The van der Waals surface area contributed by atoms with Crippen molar-refractivity contribution < 1.29 is 13.9 Å². The van der Waals surface area contributed by atoms with Crippen molar-refractivity contribution in [3.63, 3.8) is 0 Å². The van der Waals surface area contributed by atoms with Gasteiger partial charge in [0.2, 0.25) is 0 Å². The molecule has 0 saturated carbocycles. The number of hydrogen-bond acceptors (Lipinski definition) is 3. The van der Waals surface area contributed by atoms with E-state index in [0.29, 0.717) is 18.3 Å². The summed E-state index contributed by atoms with van der Waals surface area (Å²) in [5.41, 5.74) is 0.978. The topological polar surface area (TPSA) is 30.5 Å². The standard InChI is InChI=1S/C13H20FNO2/c1-10(2)15-9-11-8-12(16-3)4-5-13(11)17-7-6-14/h4-5,8,10,15H,6-7,9H2,1-3H3. The summed E-state index contributed by atoms with van der Waals surface area (Å²) in [6.45, 7) is 4.42. The van der Waals surface area contributed by atoms with Crippen molar-refractivity contribution in [3.8, 4) is 11.5 Å². The molecule has 3 nitrogen and oxygen atoms in total. The van der Waals surface area contributed by atoms with E-state index in [2.05, 4.69) is 19.2 Å². The summed E-state index contributed by atoms with van der Waals surface area (Å²) in [6.07, 6.45) is 0. The first-order valence-corrected chi connectivity index (χ1v) is 5.76. The van der Waals surface area contributed by atoms with Gasteiger partial charge in [-0.1, -0.05) is 13.8 Å². The Morgan fingerprint density at radius 1 is 1.35 bits per heavy atom. The second kappa shape index (κ2) is 7.12. The Labute approximate surface area is 102 Å². The fourth-order valence-corrected chi connectivity index (χ4v) is 1.42. The molecule has 1 rings (SSSR count). The minimum absolute atomic E-state index is 0.0843. The first kappa shape index (κ1) is 13.8. The van der Waals surface area contributed by atoms with Crippen molar-refractivity contribution >= 4 is 0 Å². The van der Waals surface area contributed by atoms with E-state index in [0.717, 1.165) is 11.3 Å². The molecule has 0 aliphatic rings. The van der Waals surface area contributed by atoms with Crippen LogP contribution in [0, 0.1) is 0 Å². The van der Waals surface area contributed by atoms with Crippen molar-refractivity contribution in [2.45, 2.75) is 26.4 Å². The summed E-state index contributed by atoms with van der Waals surface area (Å²) >= 11 is 0. The summed E-state index contributed by atoms with van der Waals surface area (Å²) in [6, 6.07) is 5.91. The van der Waals surface area contributed by atoms with E-state index in [1.807, 2.05) is 18.2 Å². The summed E-state index contributed by atoms with van der Waals surface area (Å²) in [5.74, 6) is 1.48. The number of ether oxygens (including phenoxy) is 2. The summed E-state index contributed by atoms with van der Waals surface area (Å²) in [5, 5.41) is 3.30. The maximum atomic E-state index is 12.1. The molecule has 1 N–H and O–H groups in total. The number of hydrogen-bond donors (Lipinski definition) is 1. The molecule has 96 valence electrons. The van der Waals surface area contributed by atoms with Gasteiger partial charge in [-0.25, -0.2) is 4.39 Å². The molecular formula is C13H20FNO2. The van der Waals surface area contributed by atoms with Crippen LogP contribution in [0.15, 0.2) is 18.2 Å². The van der Waals surface area contributed by atoms with Crippen LogP contribution in [-0.2, 0) is 6.54 Å². The van der Waals surface area contributed by atoms with Crippen LogP contribution in [-0.4, -0.2) is 26.4 Å². The number of benzene rings is 1. The minimum Gasteiger partial charge on any atom is -0.497 e. The Balaban J connectivity index is 2.78. The Morgan fingerprint density at radius 2 is 2.12 bits per heavy atom. The van der Waals surface area contributed by atoms with Crippen LogP contribution in [0.2, 0.25) is 0 Å². The second-order valence-corrected chi connectivity index (χ2v) is 4.05. The third kappa shape index (κ3) is 4.61. The molecule has 17 heavy (non-hydrogen) atoms. The van der Waals surface area contributed by atoms with Crippen LogP contribution < -0.4 is 14.8 Å². The van der Waals surface area contributed by atoms with Crippen LogP contribution in [0.5, 0.6) is 11.5 Å². The van der Waals surface area contributed by atoms with E-state index in [1.165, 1.54) is 0 Å². The zero-order valence-corrected chi connectivity index (χ0v) is 10.6. The highest BCUT2D eigenvalue weighted by molar-refractivity contribution is 5.40. The van der Waals surface area contributed by atoms with Gasteiger partial charge in [-0.15, -0.1) is 0 Å². The fraction of sp³-hybridized carbons (Fsp3) is 0.538. The van der Waals surface area contributed by atoms with Gasteiger partial charge in [0.15, 0.2) is 0 Å². The van der Waals surface area contributed by atoms with Crippen molar-refractivity contribution in [3.05, 3.63) is 23.8 Å². The quantitative estimate of drug-likeness (QED) is 0.795. The largest absolute Gasteiger partial charge is 0.497 e. The Bertz CT molecular complexity index is 342. The Morgan fingerprint density at radius 3 is 2.71 bits per heavy atom. The monoisotopic (exact) mass is 241 g/mol. The van der Waals surface area contributed by atoms with Crippen LogP contribution in [0.25, 0.3) is 0 Å². The van der Waals surface area contributed by atoms with Gasteiger partial charge in [-0.2, -0.15) is 0 Å². The molecule has 1 aromatic carbocycles. The molecule has 0 radical (unpaired) electrons. The van der Waals surface area contributed by atoms with E-state index < -0.39 is 6.67 Å². The molecule has 1 aromatic rings. The lowest BCUT2D eigenvalue weighted by atomic mass is 10.1. The van der Waals surface area contributed by atoms with E-state index in [9.17, 15) is 4.39 Å². The van der Waals surface area contributed by atoms with E-state index in [1.54, 1.807) is 7.11 Å². The zero-order chi connectivity index (χ0) is 12.7. The average molecular weight is 241 g/mol. The summed E-state index contributed by atoms with van der Waals surface area (Å²) in [4.78, 5) is 0. The smallest absolute Gasteiger partial charge is 0.124 e. The third-order valence-electron chi connectivity index (χ3n) is 2.30. The number of rotatable bonds is 7. The van der Waals surface area contributed by atoms with Crippen LogP contribution in [0.4, 0.5) is 4.39 Å². The van der Waals surface area contributed by atoms with Crippen LogP contribution in [0.3, 0.4) is 0 Å². The van der Waals surface area contributed by atoms with Gasteiger partial charge in [0.05, 0.1) is 7.11 Å². The van der Waals surface area contributed by atoms with Crippen molar-refractivity contribution in [1.29, 1.82) is 0 Å². The molecule has 0 spiro atoms. The van der Waals surface area contributed by atoms with E-state index in [4.69, 9.17) is 9.47 Å². The molecule has 0 aromatic heterocycles. The molecular weight excluding hydrogens is 221 g/mol. The third-order valence-corrected chi connectivity index (χ3v) is 2.30. The molecule has 0 atom stereocenters. The summed E-state index contributed by atoms with van der Waals surface area (Å²) < 4.78 is 22.6. The molecule has 0 saturated heterocycles. The molecule has 0 heterocycles. The maximum absolute atomic E-state index is 12.1. The molecule has 0 unspecified atom stereocenters. The average Bonchev–Trinajstić information content (AvgIpc) is 2.34. The Hall–Kier alpha value is -1.29. The SMILES string of the molecule is COc1ccc(OCCF)c(CNC(C)C)c1. The number of halogens is 1. The lowest BCUT2D eigenvalue weighted by Gasteiger charge is -2.14. The van der Waals surface area contributed by atoms with E-state index >= 15 is 0 Å². The van der Waals surface area contributed by atoms with Gasteiger partial charge in [0, 0.05) is 18.2 Å². The maximum Gasteiger partial charge on any atom is 0.124 e. The van der Waals surface area contributed by atoms with Gasteiger partial charge in [0.1, 0.15) is 24.8 Å². The lowest BCUT2D eigenvalue weighted by molar-refractivity contribution is 0.270. The molecule has 0 aliphatic carbocycles. The normalized spacial score (nSPS) is 10.6. The number of nitrogens with one attached hydrogen (secondary N) is 1. The first-order valence-electron chi connectivity index (χ1n) is 5.76. The second-order valence-electron chi connectivity index (χ2n) is 4.05. The Kier molecular flexibility index (Phi) is 5.77. The summed E-state index contributed by atoms with van der Waals surface area (Å²) in [7, 11) is 1.62. The molecule has 0 fully saturated rings. The van der Waals surface area contributed by atoms with E-state index in [-0.39, 0.29) is 6.61 Å². The van der Waals surface area contributed by atoms with Gasteiger partial charge >= 0.3 is 0 Å². The van der Waals surface area contributed by atoms with Crippen molar-refractivity contribution in [1.82, 2.24) is 5.32 Å². The van der Waals surface area contributed by atoms with Gasteiger partial charge in [-0.3, -0.25) is 0 Å². The molecule has 0 aliphatic heterocycles. The molecule has 4 heteroatoms. The zero-order valence-electron chi connectivity index (χ0n) is 10.6. The highest BCUT2D eigenvalue weighted by Gasteiger charge is 2.06. The first-order chi connectivity index (χ1) is 8.17. The molecule has 0 amide bonds. The predicted molar refractivity (Wildman–Crippen MR) is 66.4 cm³/mol. The van der Waals surface area contributed by atoms with Gasteiger partial charge < -0.3 is 14.8 Å². The highest BCUT2D eigenvalue weighted by atomic mass is 19.1. The number of methoxy groups -OCH3 is 1. The van der Waals surface area contributed by atoms with Crippen LogP contribution in [0.1, 0.15) is 19.4 Å². The van der Waals surface area contributed by atoms with Gasteiger partial charge in [-0.05, 0) is 18.2 Å². The minimum atomic E-state index is -0.483. The fourth-order valence-electron chi connectivity index (χ4n) is 1.42. The lowest BCUT2D eigenvalue weighted by Crippen LogP contribution is -2.22. The predicted octanol–water partition coefficient (Wildman–Crippen LogP) is 2.54. The number of alkyl halides is 1. The highest BCUT2D eigenvalue weighted by Crippen LogP contribution is 2.24. The molecule has 0 bridgehead atoms. The van der Waals surface area contributed by atoms with Crippen LogP contribution >= 0.6 is 0 Å².